The molecule has 0 aliphatic heterocycles. The minimum Gasteiger partial charge on any atom is -0.213 e. The van der Waals surface area contributed by atoms with Crippen LogP contribution in [0.15, 0.2) is 24.3 Å². The first-order valence-corrected chi connectivity index (χ1v) is 14.2. The van der Waals surface area contributed by atoms with Gasteiger partial charge in [-0.2, -0.15) is 17.7 Å². The van der Waals surface area contributed by atoms with Gasteiger partial charge in [0.15, 0.2) is 0 Å². The summed E-state index contributed by atoms with van der Waals surface area (Å²) in [6, 6.07) is 8.81. The Balaban J connectivity index is 0.000000213. The SMILES string of the molecule is [Cl][Zr]([Cl])[Cl].c1cc[c-](C2CCCC2)c1. The van der Waals surface area contributed by atoms with Crippen LogP contribution in [0.2, 0.25) is 0 Å². The van der Waals surface area contributed by atoms with Crippen LogP contribution in [0.5, 0.6) is 0 Å². The molecule has 1 aromatic carbocycles. The Kier molecular flexibility index (Phi) is 6.95. The third-order valence-electron chi connectivity index (χ3n) is 2.52. The average Bonchev–Trinajstić information content (AvgIpc) is 2.76. The summed E-state index contributed by atoms with van der Waals surface area (Å²) < 4.78 is 0. The van der Waals surface area contributed by atoms with E-state index in [0.717, 1.165) is 5.92 Å². The third kappa shape index (κ3) is 5.26. The second-order valence-electron chi connectivity index (χ2n) is 3.41. The molecule has 1 saturated carbocycles. The minimum absolute atomic E-state index is 0.898. The molecule has 0 amide bonds. The monoisotopic (exact) mass is 328 g/mol. The Morgan fingerprint density at radius 1 is 1.00 bits per heavy atom. The molecule has 0 nitrogen and oxygen atoms in total. The summed E-state index contributed by atoms with van der Waals surface area (Å²) in [6.45, 7) is 0. The normalized spacial score (nSPS) is 16.2. The van der Waals surface area contributed by atoms with Gasteiger partial charge >= 0.3 is 43.7 Å². The molecule has 4 heteroatoms. The van der Waals surface area contributed by atoms with Gasteiger partial charge in [0.2, 0.25) is 0 Å². The van der Waals surface area contributed by atoms with Crippen LogP contribution < -0.4 is 0 Å². The molecule has 1 fully saturated rings. The van der Waals surface area contributed by atoms with Gasteiger partial charge in [-0.25, -0.2) is 12.1 Å². The molecule has 79 valence electrons. The van der Waals surface area contributed by atoms with E-state index < -0.39 is 18.2 Å². The topological polar surface area (TPSA) is 0 Å². The summed E-state index contributed by atoms with van der Waals surface area (Å²) in [5, 5.41) is 0. The predicted octanol–water partition coefficient (Wildman–Crippen LogP) is 5.13. The zero-order chi connectivity index (χ0) is 10.4. The zero-order valence-corrected chi connectivity index (χ0v) is 12.6. The fraction of sp³-hybridized carbons (Fsp3) is 0.500. The second-order valence-corrected chi connectivity index (χ2v) is 14.6. The van der Waals surface area contributed by atoms with Crippen molar-refractivity contribution < 1.29 is 18.2 Å². The number of halogens is 3. The smallest absolute Gasteiger partial charge is 0.0537 e. The van der Waals surface area contributed by atoms with Crippen LogP contribution in [0.3, 0.4) is 0 Å². The van der Waals surface area contributed by atoms with Crippen molar-refractivity contribution in [1.29, 1.82) is 0 Å². The summed E-state index contributed by atoms with van der Waals surface area (Å²) in [4.78, 5) is 0. The van der Waals surface area contributed by atoms with Crippen molar-refractivity contribution in [3.05, 3.63) is 29.8 Å². The summed E-state index contributed by atoms with van der Waals surface area (Å²) in [6.07, 6.45) is 5.72. The van der Waals surface area contributed by atoms with Crippen molar-refractivity contribution in [3.8, 4) is 0 Å². The Bertz CT molecular complexity index is 225. The van der Waals surface area contributed by atoms with Crippen molar-refractivity contribution >= 4 is 25.5 Å². The van der Waals surface area contributed by atoms with Gasteiger partial charge in [-0.15, -0.1) is 0 Å². The third-order valence-corrected chi connectivity index (χ3v) is 2.52. The van der Waals surface area contributed by atoms with Crippen LogP contribution >= 0.6 is 25.5 Å². The summed E-state index contributed by atoms with van der Waals surface area (Å²) in [5.41, 5.74) is 1.57. The molecule has 1 aliphatic rings. The molecule has 1 aliphatic carbocycles. The maximum Gasteiger partial charge on any atom is -0.0537 e. The Hall–Kier alpha value is 1.10. The molecule has 2 rings (SSSR count). The molecule has 0 N–H and O–H groups in total. The van der Waals surface area contributed by atoms with E-state index in [9.17, 15) is 0 Å². The second kappa shape index (κ2) is 7.39. The van der Waals surface area contributed by atoms with Gasteiger partial charge in [0.05, 0.1) is 0 Å². The number of hydrogen-bond acceptors (Lipinski definition) is 0. The average molecular weight is 331 g/mol. The maximum absolute atomic E-state index is 5.00. The van der Waals surface area contributed by atoms with Crippen molar-refractivity contribution in [2.45, 2.75) is 31.6 Å². The Labute approximate surface area is 104 Å². The molecule has 0 spiro atoms. The standard InChI is InChI=1S/C10H13.3ClH.Zr/c1-2-6-9(5-1)10-7-3-4-8-10;;;;/h1-2,5-6,10H,3-4,7-8H2;3*1H;/q-1;;;;+3/p-3. The summed E-state index contributed by atoms with van der Waals surface area (Å²) in [7, 11) is 15.0. The van der Waals surface area contributed by atoms with Gasteiger partial charge < -0.3 is 0 Å². The van der Waals surface area contributed by atoms with Crippen molar-refractivity contribution in [2.24, 2.45) is 0 Å². The van der Waals surface area contributed by atoms with Crippen molar-refractivity contribution in [1.82, 2.24) is 0 Å². The van der Waals surface area contributed by atoms with Crippen LogP contribution in [0, 0.1) is 0 Å². The van der Waals surface area contributed by atoms with E-state index in [0.29, 0.717) is 0 Å². The molecule has 14 heavy (non-hydrogen) atoms. The van der Waals surface area contributed by atoms with E-state index in [1.165, 1.54) is 25.7 Å². The van der Waals surface area contributed by atoms with Crippen LogP contribution in [0.25, 0.3) is 0 Å². The minimum atomic E-state index is -2.13. The van der Waals surface area contributed by atoms with Gasteiger partial charge in [0.25, 0.3) is 0 Å². The predicted molar refractivity (Wildman–Crippen MR) is 60.8 cm³/mol. The zero-order valence-electron chi connectivity index (χ0n) is 7.85. The molecule has 1 aromatic rings. The van der Waals surface area contributed by atoms with E-state index in [4.69, 9.17) is 25.5 Å². The molecule has 0 aromatic heterocycles. The van der Waals surface area contributed by atoms with Crippen LogP contribution in [-0.4, -0.2) is 0 Å². The summed E-state index contributed by atoms with van der Waals surface area (Å²) >= 11 is -2.13. The molecule has 0 radical (unpaired) electrons. The van der Waals surface area contributed by atoms with E-state index in [1.54, 1.807) is 5.56 Å². The molecule has 0 heterocycles. The van der Waals surface area contributed by atoms with E-state index in [1.807, 2.05) is 0 Å². The quantitative estimate of drug-likeness (QED) is 0.626. The molecule has 0 bridgehead atoms. The molecular formula is C10H13Cl3Zr-. The fourth-order valence-electron chi connectivity index (χ4n) is 1.92. The fourth-order valence-corrected chi connectivity index (χ4v) is 1.92. The van der Waals surface area contributed by atoms with Crippen LogP contribution in [0.4, 0.5) is 0 Å². The van der Waals surface area contributed by atoms with Crippen molar-refractivity contribution in [3.63, 3.8) is 0 Å². The molecular weight excluding hydrogens is 318 g/mol. The molecule has 0 unspecified atom stereocenters. The largest absolute Gasteiger partial charge is 0.213 e. The first kappa shape index (κ1) is 13.2. The summed E-state index contributed by atoms with van der Waals surface area (Å²) in [5.74, 6) is 0.898. The van der Waals surface area contributed by atoms with Gasteiger partial charge in [-0.1, -0.05) is 31.6 Å². The van der Waals surface area contributed by atoms with E-state index in [2.05, 4.69) is 24.3 Å². The first-order valence-electron chi connectivity index (χ1n) is 4.75. The van der Waals surface area contributed by atoms with Gasteiger partial charge in [-0.3, -0.25) is 0 Å². The molecule has 0 saturated heterocycles. The van der Waals surface area contributed by atoms with Crippen LogP contribution in [-0.2, 0) is 18.2 Å². The molecule has 0 atom stereocenters. The van der Waals surface area contributed by atoms with Crippen molar-refractivity contribution in [2.75, 3.05) is 0 Å². The van der Waals surface area contributed by atoms with E-state index in [-0.39, 0.29) is 0 Å². The van der Waals surface area contributed by atoms with Crippen LogP contribution in [0.1, 0.15) is 37.2 Å². The van der Waals surface area contributed by atoms with Gasteiger partial charge in [0.1, 0.15) is 0 Å². The Morgan fingerprint density at radius 2 is 1.43 bits per heavy atom. The Morgan fingerprint density at radius 3 is 1.86 bits per heavy atom. The number of rotatable bonds is 1. The first-order chi connectivity index (χ1) is 6.70. The van der Waals surface area contributed by atoms with E-state index >= 15 is 0 Å². The van der Waals surface area contributed by atoms with Gasteiger partial charge in [-0.05, 0) is 0 Å². The maximum atomic E-state index is 5.00. The van der Waals surface area contributed by atoms with Gasteiger partial charge in [0, 0.05) is 0 Å². The number of hydrogen-bond donors (Lipinski definition) is 0.